The van der Waals surface area contributed by atoms with Crippen LogP contribution in [0.25, 0.3) is 0 Å². The number of piperidine rings is 3. The Kier molecular flexibility index (Phi) is 3.95. The number of carbonyl (C=O) groups excluding carboxylic acids is 1. The number of nitrogens with zero attached hydrogens (tertiary/aromatic N) is 2. The van der Waals surface area contributed by atoms with E-state index in [4.69, 9.17) is 9.47 Å². The highest BCUT2D eigenvalue weighted by atomic mass is 35.5. The number of hydrogen-bond acceptors (Lipinski definition) is 4. The lowest BCUT2D eigenvalue weighted by molar-refractivity contribution is 0.0829. The molecule has 1 amide bonds. The topological polar surface area (TPSA) is 41.8 Å². The van der Waals surface area contributed by atoms with Crippen LogP contribution < -0.4 is 9.47 Å². The summed E-state index contributed by atoms with van der Waals surface area (Å²) in [7, 11) is 3.20. The highest BCUT2D eigenvalue weighted by Gasteiger charge is 2.62. The molecule has 120 valence electrons. The third-order valence-electron chi connectivity index (χ3n) is 5.13. The van der Waals surface area contributed by atoms with Gasteiger partial charge >= 0.3 is 0 Å². The lowest BCUT2D eigenvalue weighted by Gasteiger charge is -2.35. The normalized spacial score (nSPS) is 31.1. The highest BCUT2D eigenvalue weighted by Crippen LogP contribution is 2.48. The van der Waals surface area contributed by atoms with E-state index >= 15 is 0 Å². The first-order chi connectivity index (χ1) is 10.2. The zero-order valence-electron chi connectivity index (χ0n) is 12.8. The molecule has 4 saturated heterocycles. The summed E-state index contributed by atoms with van der Waals surface area (Å²) in [6.07, 6.45) is 2.78. The van der Waals surface area contributed by atoms with Gasteiger partial charge in [0.25, 0.3) is 5.91 Å². The van der Waals surface area contributed by atoms with Gasteiger partial charge in [-0.05, 0) is 30.9 Å². The van der Waals surface area contributed by atoms with E-state index in [-0.39, 0.29) is 18.3 Å². The average Bonchev–Trinajstić information content (AvgIpc) is 3.32. The van der Waals surface area contributed by atoms with Crippen LogP contribution >= 0.6 is 12.4 Å². The number of amides is 1. The Hall–Kier alpha value is -1.46. The molecule has 2 atom stereocenters. The predicted octanol–water partition coefficient (Wildman–Crippen LogP) is 2.00. The second-order valence-corrected chi connectivity index (χ2v) is 6.06. The molecule has 4 aliphatic rings. The van der Waals surface area contributed by atoms with Crippen LogP contribution in [-0.2, 0) is 0 Å². The van der Waals surface area contributed by atoms with Crippen LogP contribution in [0.1, 0.15) is 23.2 Å². The summed E-state index contributed by atoms with van der Waals surface area (Å²) in [4.78, 5) is 17.3. The number of hydrogen-bond donors (Lipinski definition) is 0. The molecule has 0 radical (unpaired) electrons. The molecule has 0 spiro atoms. The molecule has 4 aliphatic heterocycles. The SMILES string of the molecule is COc1ccc(C(=O)N2C3C4CCN(CC4)C32)c(OC)c1.Cl. The first-order valence-electron chi connectivity index (χ1n) is 7.53. The zero-order chi connectivity index (χ0) is 14.6. The molecule has 5 rings (SSSR count). The summed E-state index contributed by atoms with van der Waals surface area (Å²) in [5.74, 6) is 2.07. The number of ether oxygens (including phenoxy) is 2. The fourth-order valence-corrected chi connectivity index (χ4v) is 3.99. The number of rotatable bonds is 3. The summed E-state index contributed by atoms with van der Waals surface area (Å²) in [5, 5.41) is 0. The van der Waals surface area contributed by atoms with Crippen molar-refractivity contribution in [2.24, 2.45) is 5.92 Å². The Balaban J connectivity index is 0.00000144. The summed E-state index contributed by atoms with van der Waals surface area (Å²) in [6, 6.07) is 5.82. The van der Waals surface area contributed by atoms with Gasteiger partial charge in [-0.2, -0.15) is 0 Å². The predicted molar refractivity (Wildman–Crippen MR) is 84.8 cm³/mol. The first kappa shape index (κ1) is 15.4. The minimum absolute atomic E-state index is 0. The second-order valence-electron chi connectivity index (χ2n) is 6.06. The number of benzene rings is 1. The van der Waals surface area contributed by atoms with Crippen molar-refractivity contribution in [3.05, 3.63) is 23.8 Å². The maximum Gasteiger partial charge on any atom is 0.259 e. The van der Waals surface area contributed by atoms with E-state index in [1.54, 1.807) is 20.3 Å². The summed E-state index contributed by atoms with van der Waals surface area (Å²) < 4.78 is 10.6. The quantitative estimate of drug-likeness (QED) is 0.798. The Morgan fingerprint density at radius 3 is 2.45 bits per heavy atom. The standard InChI is InChI=1S/C16H20N2O3.ClH/c1-20-11-3-4-12(13(9-11)21-2)16(19)18-14-10-5-7-17(8-6-10)15(14)18;/h3-4,9-10,14-15H,5-8H2,1-2H3;1H. The Labute approximate surface area is 136 Å². The molecule has 2 unspecified atom stereocenters. The van der Waals surface area contributed by atoms with E-state index in [2.05, 4.69) is 4.90 Å². The number of fused-ring (bicyclic) bond motifs is 2. The van der Waals surface area contributed by atoms with Gasteiger partial charge in [0, 0.05) is 19.2 Å². The van der Waals surface area contributed by atoms with Crippen molar-refractivity contribution in [3.63, 3.8) is 0 Å². The highest BCUT2D eigenvalue weighted by molar-refractivity contribution is 5.99. The lowest BCUT2D eigenvalue weighted by Crippen LogP contribution is -2.44. The molecule has 1 aromatic rings. The van der Waals surface area contributed by atoms with Crippen molar-refractivity contribution in [2.45, 2.75) is 25.0 Å². The van der Waals surface area contributed by atoms with Gasteiger partial charge in [0.15, 0.2) is 0 Å². The van der Waals surface area contributed by atoms with Gasteiger partial charge in [-0.25, -0.2) is 0 Å². The van der Waals surface area contributed by atoms with Crippen LogP contribution in [0.4, 0.5) is 0 Å². The van der Waals surface area contributed by atoms with Crippen molar-refractivity contribution in [2.75, 3.05) is 27.3 Å². The minimum atomic E-state index is 0. The average molecular weight is 325 g/mol. The monoisotopic (exact) mass is 324 g/mol. The van der Waals surface area contributed by atoms with Gasteiger partial charge in [0.2, 0.25) is 0 Å². The van der Waals surface area contributed by atoms with E-state index in [1.165, 1.54) is 12.8 Å². The fraction of sp³-hybridized carbons (Fsp3) is 0.562. The van der Waals surface area contributed by atoms with Crippen molar-refractivity contribution in [3.8, 4) is 11.5 Å². The smallest absolute Gasteiger partial charge is 0.259 e. The van der Waals surface area contributed by atoms with Gasteiger partial charge in [0.05, 0.1) is 25.8 Å². The first-order valence-corrected chi connectivity index (χ1v) is 7.53. The van der Waals surface area contributed by atoms with Gasteiger partial charge in [0.1, 0.15) is 17.7 Å². The third-order valence-corrected chi connectivity index (χ3v) is 5.13. The molecule has 0 aromatic heterocycles. The molecule has 6 heteroatoms. The number of halogens is 1. The second kappa shape index (κ2) is 5.63. The minimum Gasteiger partial charge on any atom is -0.497 e. The van der Waals surface area contributed by atoms with Crippen LogP contribution in [0.15, 0.2) is 18.2 Å². The molecule has 4 fully saturated rings. The molecular weight excluding hydrogens is 304 g/mol. The molecule has 0 N–H and O–H groups in total. The Morgan fingerprint density at radius 2 is 1.91 bits per heavy atom. The van der Waals surface area contributed by atoms with Crippen LogP contribution in [0, 0.1) is 5.92 Å². The van der Waals surface area contributed by atoms with E-state index in [0.29, 0.717) is 35.2 Å². The fourth-order valence-electron chi connectivity index (χ4n) is 3.99. The van der Waals surface area contributed by atoms with E-state index in [9.17, 15) is 4.79 Å². The van der Waals surface area contributed by atoms with Crippen molar-refractivity contribution in [1.29, 1.82) is 0 Å². The van der Waals surface area contributed by atoms with E-state index in [1.807, 2.05) is 17.0 Å². The molecule has 1 aromatic carbocycles. The van der Waals surface area contributed by atoms with Gasteiger partial charge in [-0.3, -0.25) is 9.69 Å². The number of carbonyl (C=O) groups is 1. The summed E-state index contributed by atoms with van der Waals surface area (Å²) in [5.41, 5.74) is 0.633. The zero-order valence-corrected chi connectivity index (χ0v) is 13.6. The number of methoxy groups -OCH3 is 2. The molecule has 5 nitrogen and oxygen atoms in total. The van der Waals surface area contributed by atoms with Crippen LogP contribution in [0.2, 0.25) is 0 Å². The Bertz CT molecular complexity index is 569. The molecule has 22 heavy (non-hydrogen) atoms. The largest absolute Gasteiger partial charge is 0.497 e. The van der Waals surface area contributed by atoms with Gasteiger partial charge in [-0.1, -0.05) is 0 Å². The summed E-state index contributed by atoms with van der Waals surface area (Å²) in [6.45, 7) is 2.27. The maximum absolute atomic E-state index is 12.9. The van der Waals surface area contributed by atoms with Gasteiger partial charge < -0.3 is 14.4 Å². The molecule has 2 bridgehead atoms. The van der Waals surface area contributed by atoms with Crippen molar-refractivity contribution < 1.29 is 14.3 Å². The van der Waals surface area contributed by atoms with Crippen molar-refractivity contribution >= 4 is 18.3 Å². The van der Waals surface area contributed by atoms with Crippen molar-refractivity contribution in [1.82, 2.24) is 9.80 Å². The maximum atomic E-state index is 12.9. The summed E-state index contributed by atoms with van der Waals surface area (Å²) >= 11 is 0. The van der Waals surface area contributed by atoms with E-state index < -0.39 is 0 Å². The van der Waals surface area contributed by atoms with Crippen LogP contribution in [0.5, 0.6) is 11.5 Å². The Morgan fingerprint density at radius 1 is 1.18 bits per heavy atom. The van der Waals surface area contributed by atoms with E-state index in [0.717, 1.165) is 13.1 Å². The van der Waals surface area contributed by atoms with Crippen LogP contribution in [0.3, 0.4) is 0 Å². The molecule has 4 heterocycles. The molecular formula is C16H21ClN2O3. The molecule has 0 aliphatic carbocycles. The third kappa shape index (κ3) is 2.15. The van der Waals surface area contributed by atoms with Crippen LogP contribution in [-0.4, -0.2) is 55.2 Å². The lowest BCUT2D eigenvalue weighted by atomic mass is 9.88. The van der Waals surface area contributed by atoms with Gasteiger partial charge in [-0.15, -0.1) is 12.4 Å². The molecule has 0 saturated carbocycles.